The van der Waals surface area contributed by atoms with E-state index < -0.39 is 6.10 Å². The highest BCUT2D eigenvalue weighted by molar-refractivity contribution is 7.13. The molecule has 1 saturated heterocycles. The fourth-order valence-electron chi connectivity index (χ4n) is 3.05. The molecule has 2 aromatic rings. The number of aryl methyl sites for hydroxylation is 1. The predicted molar refractivity (Wildman–Crippen MR) is 106 cm³/mol. The summed E-state index contributed by atoms with van der Waals surface area (Å²) in [5.41, 5.74) is 0. The van der Waals surface area contributed by atoms with Crippen LogP contribution >= 0.6 is 11.3 Å². The van der Waals surface area contributed by atoms with Gasteiger partial charge in [-0.1, -0.05) is 0 Å². The molecule has 1 atom stereocenters. The number of aliphatic hydroxyl groups is 1. The number of aliphatic hydroxyl groups excluding tert-OH is 1. The molecule has 0 saturated carbocycles. The molecule has 7 heteroatoms. The van der Waals surface area contributed by atoms with Crippen LogP contribution in [0.15, 0.2) is 36.4 Å². The van der Waals surface area contributed by atoms with Gasteiger partial charge in [-0.15, -0.1) is 11.3 Å². The van der Waals surface area contributed by atoms with Gasteiger partial charge in [0.05, 0.1) is 12.0 Å². The largest absolute Gasteiger partial charge is 0.497 e. The number of carbonyl (C=O) groups excluding carboxylic acids is 1. The first-order chi connectivity index (χ1) is 13.0. The maximum absolute atomic E-state index is 12.5. The Balaban J connectivity index is 1.39. The molecule has 1 aromatic carbocycles. The van der Waals surface area contributed by atoms with E-state index in [0.717, 1.165) is 28.6 Å². The Morgan fingerprint density at radius 3 is 2.37 bits per heavy atom. The third-order valence-corrected chi connectivity index (χ3v) is 5.57. The van der Waals surface area contributed by atoms with Gasteiger partial charge in [0.15, 0.2) is 0 Å². The number of thiophene rings is 1. The maximum Gasteiger partial charge on any atom is 0.264 e. The lowest BCUT2D eigenvalue weighted by Gasteiger charge is -2.35. The average molecular weight is 391 g/mol. The zero-order valence-electron chi connectivity index (χ0n) is 15.8. The van der Waals surface area contributed by atoms with Crippen LogP contribution in [0.3, 0.4) is 0 Å². The summed E-state index contributed by atoms with van der Waals surface area (Å²) in [6.07, 6.45) is -0.575. The molecule has 3 rings (SSSR count). The number of hydrogen-bond acceptors (Lipinski definition) is 6. The molecule has 0 spiro atoms. The summed E-state index contributed by atoms with van der Waals surface area (Å²) < 4.78 is 10.7. The Hall–Kier alpha value is -2.09. The second-order valence-corrected chi connectivity index (χ2v) is 7.93. The van der Waals surface area contributed by atoms with Gasteiger partial charge in [0.2, 0.25) is 0 Å². The highest BCUT2D eigenvalue weighted by Crippen LogP contribution is 2.19. The van der Waals surface area contributed by atoms with Gasteiger partial charge in [-0.05, 0) is 43.3 Å². The van der Waals surface area contributed by atoms with Crippen molar-refractivity contribution in [3.63, 3.8) is 0 Å². The number of carbonyl (C=O) groups is 1. The van der Waals surface area contributed by atoms with Crippen LogP contribution in [0.2, 0.25) is 0 Å². The quantitative estimate of drug-likeness (QED) is 0.786. The Morgan fingerprint density at radius 1 is 1.11 bits per heavy atom. The molecule has 0 aliphatic carbocycles. The molecule has 1 fully saturated rings. The molecule has 1 aliphatic heterocycles. The highest BCUT2D eigenvalue weighted by Gasteiger charge is 2.24. The average Bonchev–Trinajstić information content (AvgIpc) is 3.13. The number of nitrogens with zero attached hydrogens (tertiary/aromatic N) is 2. The molecule has 1 unspecified atom stereocenters. The number of amides is 1. The van der Waals surface area contributed by atoms with E-state index in [1.54, 1.807) is 7.11 Å². The van der Waals surface area contributed by atoms with Crippen molar-refractivity contribution in [1.82, 2.24) is 9.80 Å². The van der Waals surface area contributed by atoms with Crippen LogP contribution in [-0.2, 0) is 0 Å². The van der Waals surface area contributed by atoms with Gasteiger partial charge < -0.3 is 19.5 Å². The first kappa shape index (κ1) is 19.7. The summed E-state index contributed by atoms with van der Waals surface area (Å²) in [7, 11) is 1.62. The summed E-state index contributed by atoms with van der Waals surface area (Å²) in [4.78, 5) is 18.5. The summed E-state index contributed by atoms with van der Waals surface area (Å²) in [5.74, 6) is 1.58. The smallest absolute Gasteiger partial charge is 0.264 e. The van der Waals surface area contributed by atoms with Gasteiger partial charge in [-0.25, -0.2) is 0 Å². The van der Waals surface area contributed by atoms with Crippen molar-refractivity contribution in [2.24, 2.45) is 0 Å². The van der Waals surface area contributed by atoms with Crippen LogP contribution in [0, 0.1) is 6.92 Å². The number of hydrogen-bond donors (Lipinski definition) is 1. The van der Waals surface area contributed by atoms with E-state index in [4.69, 9.17) is 9.47 Å². The van der Waals surface area contributed by atoms with Crippen molar-refractivity contribution in [3.8, 4) is 11.5 Å². The number of benzene rings is 1. The molecule has 27 heavy (non-hydrogen) atoms. The fourth-order valence-corrected chi connectivity index (χ4v) is 3.89. The van der Waals surface area contributed by atoms with Gasteiger partial charge in [-0.3, -0.25) is 9.69 Å². The maximum atomic E-state index is 12.5. The topological polar surface area (TPSA) is 62.2 Å². The van der Waals surface area contributed by atoms with Crippen molar-refractivity contribution in [1.29, 1.82) is 0 Å². The third-order valence-electron chi connectivity index (χ3n) is 4.58. The van der Waals surface area contributed by atoms with Crippen LogP contribution in [0.4, 0.5) is 0 Å². The number of piperazine rings is 1. The highest BCUT2D eigenvalue weighted by atomic mass is 32.1. The van der Waals surface area contributed by atoms with Crippen LogP contribution in [0.5, 0.6) is 11.5 Å². The SMILES string of the molecule is COc1ccc(OCC(O)CN2CCN(C(=O)c3ccc(C)s3)CC2)cc1. The predicted octanol–water partition coefficient (Wildman–Crippen LogP) is 2.26. The Kier molecular flexibility index (Phi) is 6.71. The van der Waals surface area contributed by atoms with E-state index in [2.05, 4.69) is 4.90 Å². The molecular formula is C20H26N2O4S. The lowest BCUT2D eigenvalue weighted by Crippen LogP contribution is -2.50. The van der Waals surface area contributed by atoms with Gasteiger partial charge >= 0.3 is 0 Å². The monoisotopic (exact) mass is 390 g/mol. The fraction of sp³-hybridized carbons (Fsp3) is 0.450. The van der Waals surface area contributed by atoms with Gasteiger partial charge in [0, 0.05) is 37.6 Å². The molecule has 1 aliphatic rings. The lowest BCUT2D eigenvalue weighted by molar-refractivity contribution is 0.0406. The zero-order valence-corrected chi connectivity index (χ0v) is 16.6. The van der Waals surface area contributed by atoms with E-state index in [9.17, 15) is 9.90 Å². The summed E-state index contributed by atoms with van der Waals surface area (Å²) in [6, 6.07) is 11.2. The molecule has 1 amide bonds. The van der Waals surface area contributed by atoms with Gasteiger partial charge in [0.1, 0.15) is 24.2 Å². The zero-order chi connectivity index (χ0) is 19.2. The molecule has 2 heterocycles. The number of methoxy groups -OCH3 is 1. The van der Waals surface area contributed by atoms with E-state index in [1.807, 2.05) is 48.2 Å². The Morgan fingerprint density at radius 2 is 1.78 bits per heavy atom. The number of β-amino-alcohol motifs (C(OH)–C–C–N with tert-alkyl or cyclic N) is 1. The van der Waals surface area contributed by atoms with E-state index in [1.165, 1.54) is 11.3 Å². The van der Waals surface area contributed by atoms with E-state index in [-0.39, 0.29) is 12.5 Å². The van der Waals surface area contributed by atoms with Crippen molar-refractivity contribution in [3.05, 3.63) is 46.2 Å². The first-order valence-electron chi connectivity index (χ1n) is 9.08. The summed E-state index contributed by atoms with van der Waals surface area (Å²) >= 11 is 1.54. The molecule has 0 radical (unpaired) electrons. The third kappa shape index (κ3) is 5.45. The van der Waals surface area contributed by atoms with E-state index >= 15 is 0 Å². The van der Waals surface area contributed by atoms with Crippen LogP contribution < -0.4 is 9.47 Å². The van der Waals surface area contributed by atoms with Crippen LogP contribution in [-0.4, -0.2) is 73.4 Å². The molecule has 0 bridgehead atoms. The van der Waals surface area contributed by atoms with Crippen LogP contribution in [0.25, 0.3) is 0 Å². The standard InChI is InChI=1S/C20H26N2O4S/c1-15-3-8-19(27-15)20(24)22-11-9-21(10-12-22)13-16(23)14-26-18-6-4-17(25-2)5-7-18/h3-8,16,23H,9-14H2,1-2H3. The normalized spacial score (nSPS) is 16.2. The Labute approximate surface area is 163 Å². The van der Waals surface area contributed by atoms with Crippen molar-refractivity contribution in [2.45, 2.75) is 13.0 Å². The summed E-state index contributed by atoms with van der Waals surface area (Å²) in [5, 5.41) is 10.2. The molecule has 1 N–H and O–H groups in total. The molecule has 146 valence electrons. The second-order valence-electron chi connectivity index (χ2n) is 6.64. The van der Waals surface area contributed by atoms with Crippen molar-refractivity contribution < 1.29 is 19.4 Å². The summed E-state index contributed by atoms with van der Waals surface area (Å²) in [6.45, 7) is 5.67. The number of rotatable bonds is 7. The molecule has 1 aromatic heterocycles. The first-order valence-corrected chi connectivity index (χ1v) is 9.90. The minimum atomic E-state index is -0.575. The minimum Gasteiger partial charge on any atom is -0.497 e. The van der Waals surface area contributed by atoms with Crippen molar-refractivity contribution in [2.75, 3.05) is 46.4 Å². The van der Waals surface area contributed by atoms with E-state index in [0.29, 0.717) is 25.4 Å². The minimum absolute atomic E-state index is 0.108. The van der Waals surface area contributed by atoms with Gasteiger partial charge in [0.25, 0.3) is 5.91 Å². The molecule has 6 nitrogen and oxygen atoms in total. The van der Waals surface area contributed by atoms with Crippen molar-refractivity contribution >= 4 is 17.2 Å². The van der Waals surface area contributed by atoms with Crippen LogP contribution in [0.1, 0.15) is 14.5 Å². The molecular weight excluding hydrogens is 364 g/mol. The number of ether oxygens (including phenoxy) is 2. The van der Waals surface area contributed by atoms with Gasteiger partial charge in [-0.2, -0.15) is 0 Å². The Bertz CT molecular complexity index is 739. The lowest BCUT2D eigenvalue weighted by atomic mass is 10.2. The second kappa shape index (κ2) is 9.21.